The fourth-order valence-corrected chi connectivity index (χ4v) is 4.78. The second-order valence-electron chi connectivity index (χ2n) is 8.13. The summed E-state index contributed by atoms with van der Waals surface area (Å²) < 4.78 is 6.32. The highest BCUT2D eigenvalue weighted by atomic mass is 32.1. The molecule has 1 fully saturated rings. The van der Waals surface area contributed by atoms with Crippen molar-refractivity contribution in [1.82, 2.24) is 4.90 Å². The number of ether oxygens (including phenoxy) is 1. The van der Waals surface area contributed by atoms with E-state index in [1.54, 1.807) is 0 Å². The molecule has 1 aliphatic heterocycles. The van der Waals surface area contributed by atoms with Gasteiger partial charge >= 0.3 is 0 Å². The van der Waals surface area contributed by atoms with Gasteiger partial charge in [0.2, 0.25) is 0 Å². The Kier molecular flexibility index (Phi) is 6.78. The molecule has 4 rings (SSSR count). The fraction of sp³-hybridized carbons (Fsp3) is 0.346. The SMILES string of the molecule is COC(Nc1ccccc1)(C1=CCC(=S)C=C1)C1CCN(Cc2ccccc2)CC1. The number of methoxy groups -OCH3 is 1. The number of anilines is 1. The summed E-state index contributed by atoms with van der Waals surface area (Å²) in [6, 6.07) is 21.1. The Morgan fingerprint density at radius 3 is 2.27 bits per heavy atom. The van der Waals surface area contributed by atoms with Crippen LogP contribution in [0.5, 0.6) is 0 Å². The monoisotopic (exact) mass is 418 g/mol. The van der Waals surface area contributed by atoms with E-state index >= 15 is 0 Å². The van der Waals surface area contributed by atoms with Gasteiger partial charge in [-0.3, -0.25) is 4.90 Å². The molecule has 0 radical (unpaired) electrons. The van der Waals surface area contributed by atoms with Gasteiger partial charge in [-0.2, -0.15) is 0 Å². The van der Waals surface area contributed by atoms with Gasteiger partial charge in [-0.25, -0.2) is 0 Å². The molecule has 0 spiro atoms. The molecule has 2 aromatic carbocycles. The van der Waals surface area contributed by atoms with Gasteiger partial charge in [0.1, 0.15) is 0 Å². The van der Waals surface area contributed by atoms with Crippen LogP contribution in [-0.4, -0.2) is 35.7 Å². The Morgan fingerprint density at radius 1 is 1.00 bits per heavy atom. The van der Waals surface area contributed by atoms with Crippen molar-refractivity contribution in [3.8, 4) is 0 Å². The van der Waals surface area contributed by atoms with Gasteiger partial charge in [0.15, 0.2) is 5.72 Å². The van der Waals surface area contributed by atoms with E-state index in [1.807, 2.05) is 13.2 Å². The first-order valence-electron chi connectivity index (χ1n) is 10.8. The predicted molar refractivity (Wildman–Crippen MR) is 129 cm³/mol. The van der Waals surface area contributed by atoms with Crippen LogP contribution in [0, 0.1) is 5.92 Å². The number of piperidine rings is 1. The molecular weight excluding hydrogens is 388 g/mol. The lowest BCUT2D eigenvalue weighted by Crippen LogP contribution is -2.52. The summed E-state index contributed by atoms with van der Waals surface area (Å²) in [5.41, 5.74) is 3.09. The highest BCUT2D eigenvalue weighted by Gasteiger charge is 2.43. The Labute approximate surface area is 185 Å². The molecular formula is C26H30N2OS. The van der Waals surface area contributed by atoms with Gasteiger partial charge in [0, 0.05) is 42.1 Å². The lowest BCUT2D eigenvalue weighted by molar-refractivity contribution is -0.0262. The Bertz CT molecular complexity index is 901. The molecule has 1 heterocycles. The lowest BCUT2D eigenvalue weighted by Gasteiger charge is -2.46. The number of hydrogen-bond donors (Lipinski definition) is 1. The molecule has 0 saturated carbocycles. The van der Waals surface area contributed by atoms with Crippen molar-refractivity contribution in [3.05, 3.63) is 90.0 Å². The van der Waals surface area contributed by atoms with E-state index in [2.05, 4.69) is 83.0 Å². The Morgan fingerprint density at radius 2 is 1.67 bits per heavy atom. The van der Waals surface area contributed by atoms with Gasteiger partial charge < -0.3 is 10.1 Å². The predicted octanol–water partition coefficient (Wildman–Crippen LogP) is 5.61. The zero-order valence-electron chi connectivity index (χ0n) is 17.6. The average Bonchev–Trinajstić information content (AvgIpc) is 2.80. The summed E-state index contributed by atoms with van der Waals surface area (Å²) in [5, 5.41) is 3.76. The van der Waals surface area contributed by atoms with E-state index in [1.165, 1.54) is 11.1 Å². The largest absolute Gasteiger partial charge is 0.354 e. The van der Waals surface area contributed by atoms with E-state index in [4.69, 9.17) is 17.0 Å². The first kappa shape index (κ1) is 21.0. The molecule has 1 aliphatic carbocycles. The minimum atomic E-state index is -0.549. The van der Waals surface area contributed by atoms with Gasteiger partial charge in [-0.1, -0.05) is 72.9 Å². The average molecular weight is 419 g/mol. The van der Waals surface area contributed by atoms with Gasteiger partial charge in [-0.15, -0.1) is 0 Å². The van der Waals surface area contributed by atoms with Crippen LogP contribution in [0.4, 0.5) is 5.69 Å². The molecule has 4 heteroatoms. The number of thiocarbonyl (C=S) groups is 1. The van der Waals surface area contributed by atoms with E-state index in [-0.39, 0.29) is 0 Å². The van der Waals surface area contributed by atoms with Crippen molar-refractivity contribution in [1.29, 1.82) is 0 Å². The molecule has 2 aromatic rings. The van der Waals surface area contributed by atoms with E-state index < -0.39 is 5.72 Å². The highest BCUT2D eigenvalue weighted by molar-refractivity contribution is 7.80. The summed E-state index contributed by atoms with van der Waals surface area (Å²) in [7, 11) is 1.83. The molecule has 1 unspecified atom stereocenters. The number of hydrogen-bond acceptors (Lipinski definition) is 4. The molecule has 0 amide bonds. The van der Waals surface area contributed by atoms with Crippen LogP contribution >= 0.6 is 12.2 Å². The normalized spacial score (nSPS) is 19.9. The van der Waals surface area contributed by atoms with Gasteiger partial charge in [-0.05, 0) is 49.7 Å². The van der Waals surface area contributed by atoms with Crippen LogP contribution in [0.15, 0.2) is 84.5 Å². The van der Waals surface area contributed by atoms with Gasteiger partial charge in [0.25, 0.3) is 0 Å². The maximum atomic E-state index is 6.32. The molecule has 2 aliphatic rings. The molecule has 0 bridgehead atoms. The number of para-hydroxylation sites is 1. The summed E-state index contributed by atoms with van der Waals surface area (Å²) in [6.07, 6.45) is 9.39. The van der Waals surface area contributed by atoms with Crippen LogP contribution in [0.2, 0.25) is 0 Å². The molecule has 156 valence electrons. The number of nitrogens with zero attached hydrogens (tertiary/aromatic N) is 1. The van der Waals surface area contributed by atoms with E-state index in [0.717, 1.165) is 49.4 Å². The zero-order valence-corrected chi connectivity index (χ0v) is 18.4. The summed E-state index contributed by atoms with van der Waals surface area (Å²) in [6.45, 7) is 3.14. The third-order valence-electron chi connectivity index (χ3n) is 6.24. The number of allylic oxidation sites excluding steroid dienone is 2. The lowest BCUT2D eigenvalue weighted by atomic mass is 9.79. The van der Waals surface area contributed by atoms with Gasteiger partial charge in [0.05, 0.1) is 0 Å². The van der Waals surface area contributed by atoms with Crippen LogP contribution in [0.1, 0.15) is 24.8 Å². The fourth-order valence-electron chi connectivity index (χ4n) is 4.63. The number of likely N-dealkylation sites (tertiary alicyclic amines) is 1. The van der Waals surface area contributed by atoms with E-state index in [9.17, 15) is 0 Å². The maximum Gasteiger partial charge on any atom is 0.167 e. The highest BCUT2D eigenvalue weighted by Crippen LogP contribution is 2.39. The quantitative estimate of drug-likeness (QED) is 0.467. The minimum absolute atomic E-state index is 0.373. The van der Waals surface area contributed by atoms with Crippen molar-refractivity contribution in [2.45, 2.75) is 31.5 Å². The molecule has 1 N–H and O–H groups in total. The number of nitrogens with one attached hydrogen (secondary N) is 1. The standard InChI is InChI=1S/C26H30N2OS/c1-29-26(22-12-14-25(30)15-13-22,27-24-10-6-3-7-11-24)23-16-18-28(19-17-23)20-21-8-4-2-5-9-21/h2-14,23,27H,15-20H2,1H3. The van der Waals surface area contributed by atoms with Crippen molar-refractivity contribution in [2.24, 2.45) is 5.92 Å². The molecule has 3 nitrogen and oxygen atoms in total. The molecule has 1 saturated heterocycles. The maximum absolute atomic E-state index is 6.32. The van der Waals surface area contributed by atoms with Crippen LogP contribution < -0.4 is 5.32 Å². The topological polar surface area (TPSA) is 24.5 Å². The van der Waals surface area contributed by atoms with Crippen molar-refractivity contribution >= 4 is 22.8 Å². The van der Waals surface area contributed by atoms with Crippen LogP contribution in [0.25, 0.3) is 0 Å². The summed E-state index contributed by atoms with van der Waals surface area (Å²) in [5.74, 6) is 0.373. The van der Waals surface area contributed by atoms with Crippen molar-refractivity contribution in [3.63, 3.8) is 0 Å². The van der Waals surface area contributed by atoms with Crippen molar-refractivity contribution < 1.29 is 4.74 Å². The summed E-state index contributed by atoms with van der Waals surface area (Å²) in [4.78, 5) is 3.52. The molecule has 1 atom stereocenters. The second-order valence-corrected chi connectivity index (χ2v) is 8.65. The van der Waals surface area contributed by atoms with E-state index in [0.29, 0.717) is 5.92 Å². The zero-order chi connectivity index (χ0) is 20.8. The Balaban J connectivity index is 1.54. The number of benzene rings is 2. The van der Waals surface area contributed by atoms with Crippen LogP contribution in [0.3, 0.4) is 0 Å². The van der Waals surface area contributed by atoms with Crippen LogP contribution in [-0.2, 0) is 11.3 Å². The molecule has 30 heavy (non-hydrogen) atoms. The Hall–Kier alpha value is -2.27. The molecule has 0 aromatic heterocycles. The number of rotatable bonds is 7. The second kappa shape index (κ2) is 9.69. The summed E-state index contributed by atoms with van der Waals surface area (Å²) >= 11 is 5.38. The first-order chi connectivity index (χ1) is 14.7. The van der Waals surface area contributed by atoms with Crippen molar-refractivity contribution in [2.75, 3.05) is 25.5 Å². The first-order valence-corrected chi connectivity index (χ1v) is 11.2. The smallest absolute Gasteiger partial charge is 0.167 e. The third kappa shape index (κ3) is 4.72. The third-order valence-corrected chi connectivity index (χ3v) is 6.54. The minimum Gasteiger partial charge on any atom is -0.354 e.